The highest BCUT2D eigenvalue weighted by Crippen LogP contribution is 2.18. The first-order valence-electron chi connectivity index (χ1n) is 4.15. The van der Waals surface area contributed by atoms with Gasteiger partial charge in [0.25, 0.3) is 0 Å². The van der Waals surface area contributed by atoms with Gasteiger partial charge in [-0.25, -0.2) is 9.98 Å². The Labute approximate surface area is 96.6 Å². The molecule has 82 valence electrons. The molecule has 5 nitrogen and oxygen atoms in total. The maximum absolute atomic E-state index is 10.9. The molecule has 0 atom stereocenters. The fourth-order valence-corrected chi connectivity index (χ4v) is 1.69. The quantitative estimate of drug-likeness (QED) is 0.627. The first kappa shape index (κ1) is 11.9. The molecule has 1 heterocycles. The summed E-state index contributed by atoms with van der Waals surface area (Å²) in [4.78, 5) is 21.0. The van der Waals surface area contributed by atoms with Gasteiger partial charge in [-0.15, -0.1) is 11.3 Å². The lowest BCUT2D eigenvalue weighted by molar-refractivity contribution is -0.124. The topological polar surface area (TPSA) is 71.6 Å². The molecule has 0 saturated heterocycles. The molecule has 1 aromatic heterocycles. The molecule has 0 bridgehead atoms. The van der Waals surface area contributed by atoms with Gasteiger partial charge in [-0.05, 0) is 0 Å². The summed E-state index contributed by atoms with van der Waals surface area (Å²) < 4.78 is 0.471. The van der Waals surface area contributed by atoms with Crippen LogP contribution >= 0.6 is 22.9 Å². The van der Waals surface area contributed by atoms with Crippen molar-refractivity contribution in [2.75, 3.05) is 7.05 Å². The van der Waals surface area contributed by atoms with Crippen LogP contribution in [-0.4, -0.2) is 28.8 Å². The minimum absolute atomic E-state index is 0.154. The molecular formula is C8H11ClN4OS. The van der Waals surface area contributed by atoms with E-state index >= 15 is 0 Å². The fourth-order valence-electron chi connectivity index (χ4n) is 0.783. The van der Waals surface area contributed by atoms with Crippen LogP contribution in [0.25, 0.3) is 0 Å². The van der Waals surface area contributed by atoms with Gasteiger partial charge in [0, 0.05) is 25.0 Å². The lowest BCUT2D eigenvalue weighted by Gasteiger charge is -2.12. The van der Waals surface area contributed by atoms with Gasteiger partial charge >= 0.3 is 0 Å². The number of aromatic nitrogens is 1. The average molecular weight is 247 g/mol. The van der Waals surface area contributed by atoms with Gasteiger partial charge in [-0.1, -0.05) is 11.6 Å². The Morgan fingerprint density at radius 3 is 2.93 bits per heavy atom. The van der Waals surface area contributed by atoms with Crippen LogP contribution in [0.3, 0.4) is 0 Å². The lowest BCUT2D eigenvalue weighted by atomic mass is 10.5. The van der Waals surface area contributed by atoms with E-state index in [1.54, 1.807) is 13.2 Å². The van der Waals surface area contributed by atoms with Crippen molar-refractivity contribution in [3.63, 3.8) is 0 Å². The molecule has 0 unspecified atom stereocenters. The van der Waals surface area contributed by atoms with Crippen molar-refractivity contribution >= 4 is 34.8 Å². The smallest absolute Gasteiger partial charge is 0.225 e. The van der Waals surface area contributed by atoms with E-state index < -0.39 is 0 Å². The van der Waals surface area contributed by atoms with Gasteiger partial charge in [0.05, 0.1) is 6.54 Å². The SMILES string of the molecule is CC(=O)N(C)C(N)=NCc1cnc(Cl)s1. The molecule has 0 spiro atoms. The van der Waals surface area contributed by atoms with Gasteiger partial charge in [-0.3, -0.25) is 9.69 Å². The Balaban J connectivity index is 2.61. The van der Waals surface area contributed by atoms with Crippen molar-refractivity contribution in [3.8, 4) is 0 Å². The second-order valence-corrected chi connectivity index (χ2v) is 4.53. The molecule has 0 aliphatic carbocycles. The second-order valence-electron chi connectivity index (χ2n) is 2.83. The van der Waals surface area contributed by atoms with Gasteiger partial charge < -0.3 is 5.73 Å². The molecular weight excluding hydrogens is 236 g/mol. The summed E-state index contributed by atoms with van der Waals surface area (Å²) in [6.07, 6.45) is 1.64. The predicted molar refractivity (Wildman–Crippen MR) is 60.9 cm³/mol. The first-order valence-corrected chi connectivity index (χ1v) is 5.34. The van der Waals surface area contributed by atoms with Crippen molar-refractivity contribution in [1.29, 1.82) is 0 Å². The van der Waals surface area contributed by atoms with Crippen LogP contribution in [0, 0.1) is 0 Å². The van der Waals surface area contributed by atoms with Gasteiger partial charge in [-0.2, -0.15) is 0 Å². The Kier molecular flexibility index (Phi) is 4.05. The highest BCUT2D eigenvalue weighted by molar-refractivity contribution is 7.15. The number of carbonyl (C=O) groups is 1. The maximum Gasteiger partial charge on any atom is 0.225 e. The number of nitrogens with zero attached hydrogens (tertiary/aromatic N) is 3. The van der Waals surface area contributed by atoms with Gasteiger partial charge in [0.1, 0.15) is 0 Å². The molecule has 0 fully saturated rings. The number of aliphatic imine (C=N–C) groups is 1. The molecule has 0 aromatic carbocycles. The summed E-state index contributed by atoms with van der Waals surface area (Å²) in [5.74, 6) is 0.0330. The van der Waals surface area contributed by atoms with Crippen LogP contribution in [0.5, 0.6) is 0 Å². The number of guanidine groups is 1. The van der Waals surface area contributed by atoms with E-state index in [0.717, 1.165) is 4.88 Å². The second kappa shape index (κ2) is 5.09. The van der Waals surface area contributed by atoms with E-state index in [9.17, 15) is 4.79 Å². The van der Waals surface area contributed by atoms with E-state index in [0.29, 0.717) is 11.0 Å². The number of nitrogens with two attached hydrogens (primary N) is 1. The van der Waals surface area contributed by atoms with Crippen LogP contribution < -0.4 is 5.73 Å². The molecule has 0 saturated carbocycles. The number of hydrogen-bond donors (Lipinski definition) is 1. The molecule has 7 heteroatoms. The summed E-state index contributed by atoms with van der Waals surface area (Å²) in [5.41, 5.74) is 5.58. The standard InChI is InChI=1S/C8H11ClN4OS/c1-5(14)13(2)8(10)12-4-6-3-11-7(9)15-6/h3H,4H2,1-2H3,(H2,10,12). The maximum atomic E-state index is 10.9. The van der Waals surface area contributed by atoms with Crippen molar-refractivity contribution < 1.29 is 4.79 Å². The molecule has 2 N–H and O–H groups in total. The fraction of sp³-hybridized carbons (Fsp3) is 0.375. The van der Waals surface area contributed by atoms with E-state index in [-0.39, 0.29) is 11.9 Å². The van der Waals surface area contributed by atoms with Crippen LogP contribution in [0.4, 0.5) is 0 Å². The monoisotopic (exact) mass is 246 g/mol. The van der Waals surface area contributed by atoms with E-state index in [4.69, 9.17) is 17.3 Å². The molecule has 1 aromatic rings. The molecule has 1 rings (SSSR count). The van der Waals surface area contributed by atoms with Crippen molar-refractivity contribution in [3.05, 3.63) is 15.5 Å². The Bertz CT molecular complexity index is 390. The Morgan fingerprint density at radius 2 is 2.47 bits per heavy atom. The third kappa shape index (κ3) is 3.49. The zero-order chi connectivity index (χ0) is 11.4. The van der Waals surface area contributed by atoms with Gasteiger partial charge in [0.2, 0.25) is 5.91 Å². The number of thiazole rings is 1. The normalized spacial score (nSPS) is 11.5. The van der Waals surface area contributed by atoms with Crippen LogP contribution in [-0.2, 0) is 11.3 Å². The van der Waals surface area contributed by atoms with Crippen molar-refractivity contribution in [1.82, 2.24) is 9.88 Å². The molecule has 0 radical (unpaired) electrons. The minimum Gasteiger partial charge on any atom is -0.369 e. The molecule has 0 aliphatic rings. The van der Waals surface area contributed by atoms with E-state index in [2.05, 4.69) is 9.98 Å². The number of rotatable bonds is 2. The van der Waals surface area contributed by atoms with Crippen molar-refractivity contribution in [2.45, 2.75) is 13.5 Å². The lowest BCUT2D eigenvalue weighted by Crippen LogP contribution is -2.37. The molecule has 1 amide bonds. The van der Waals surface area contributed by atoms with Crippen molar-refractivity contribution in [2.24, 2.45) is 10.7 Å². The van der Waals surface area contributed by atoms with E-state index in [1.807, 2.05) is 0 Å². The zero-order valence-corrected chi connectivity index (χ0v) is 9.97. The largest absolute Gasteiger partial charge is 0.369 e. The average Bonchev–Trinajstić information content (AvgIpc) is 2.59. The van der Waals surface area contributed by atoms with Crippen LogP contribution in [0.1, 0.15) is 11.8 Å². The third-order valence-electron chi connectivity index (χ3n) is 1.74. The number of carbonyl (C=O) groups excluding carboxylic acids is 1. The number of hydrogen-bond acceptors (Lipinski definition) is 4. The molecule has 0 aliphatic heterocycles. The highest BCUT2D eigenvalue weighted by atomic mass is 35.5. The number of halogens is 1. The highest BCUT2D eigenvalue weighted by Gasteiger charge is 2.06. The minimum atomic E-state index is -0.154. The predicted octanol–water partition coefficient (Wildman–Crippen LogP) is 1.09. The number of amides is 1. The summed E-state index contributed by atoms with van der Waals surface area (Å²) in [6.45, 7) is 1.81. The summed E-state index contributed by atoms with van der Waals surface area (Å²) in [7, 11) is 1.57. The molecule has 15 heavy (non-hydrogen) atoms. The summed E-state index contributed by atoms with van der Waals surface area (Å²) in [5, 5.41) is 0. The summed E-state index contributed by atoms with van der Waals surface area (Å²) in [6, 6.07) is 0. The third-order valence-corrected chi connectivity index (χ3v) is 2.84. The van der Waals surface area contributed by atoms with Crippen LogP contribution in [0.15, 0.2) is 11.2 Å². The van der Waals surface area contributed by atoms with Gasteiger partial charge in [0.15, 0.2) is 10.4 Å². The summed E-state index contributed by atoms with van der Waals surface area (Å²) >= 11 is 6.99. The zero-order valence-electron chi connectivity index (χ0n) is 8.40. The van der Waals surface area contributed by atoms with E-state index in [1.165, 1.54) is 23.2 Å². The first-order chi connectivity index (χ1) is 7.00. The Hall–Kier alpha value is -1.14. The van der Waals surface area contributed by atoms with Crippen LogP contribution in [0.2, 0.25) is 4.47 Å². The Morgan fingerprint density at radius 1 is 1.80 bits per heavy atom.